The van der Waals surface area contributed by atoms with Crippen molar-refractivity contribution in [3.8, 4) is 22.5 Å². The summed E-state index contributed by atoms with van der Waals surface area (Å²) in [6.07, 6.45) is 2.34. The van der Waals surface area contributed by atoms with Crippen LogP contribution in [0.3, 0.4) is 0 Å². The van der Waals surface area contributed by atoms with Gasteiger partial charge in [0, 0.05) is 36.5 Å². The molecule has 0 amide bonds. The first-order valence-electron chi connectivity index (χ1n) is 13.9. The number of carbonyl (C=O) groups excluding carboxylic acids is 2. The largest absolute Gasteiger partial charge is 0.455 e. The number of fused-ring (bicyclic) bond motifs is 1. The molecule has 0 saturated heterocycles. The van der Waals surface area contributed by atoms with Crippen molar-refractivity contribution in [3.05, 3.63) is 94.6 Å². The zero-order chi connectivity index (χ0) is 28.7. The number of hydrogen-bond donors (Lipinski definition) is 0. The van der Waals surface area contributed by atoms with Gasteiger partial charge in [0.25, 0.3) is 0 Å². The number of rotatable bonds is 10. The minimum absolute atomic E-state index is 0.0292. The number of aryl methyl sites for hydroxylation is 2. The van der Waals surface area contributed by atoms with Crippen LogP contribution >= 0.6 is 0 Å². The van der Waals surface area contributed by atoms with Crippen LogP contribution in [0.5, 0.6) is 0 Å². The van der Waals surface area contributed by atoms with Gasteiger partial charge in [-0.3, -0.25) is 9.59 Å². The molecule has 0 spiro atoms. The van der Waals surface area contributed by atoms with Crippen LogP contribution in [0.2, 0.25) is 0 Å². The normalized spacial score (nSPS) is 14.0. The molecule has 3 aromatic carbocycles. The second-order valence-corrected chi connectivity index (χ2v) is 11.0. The molecule has 0 N–H and O–H groups in total. The number of hydrogen-bond acceptors (Lipinski definition) is 7. The van der Waals surface area contributed by atoms with Gasteiger partial charge in [-0.15, -0.1) is 0 Å². The molecule has 208 valence electrons. The molecule has 41 heavy (non-hydrogen) atoms. The van der Waals surface area contributed by atoms with E-state index in [1.807, 2.05) is 81.4 Å². The lowest BCUT2D eigenvalue weighted by atomic mass is 9.91. The van der Waals surface area contributed by atoms with Gasteiger partial charge in [-0.1, -0.05) is 60.1 Å². The second-order valence-electron chi connectivity index (χ2n) is 11.0. The molecule has 2 aromatic heterocycles. The van der Waals surface area contributed by atoms with E-state index in [0.717, 1.165) is 46.0 Å². The zero-order valence-corrected chi connectivity index (χ0v) is 23.7. The predicted molar refractivity (Wildman–Crippen MR) is 156 cm³/mol. The minimum atomic E-state index is -0.404. The summed E-state index contributed by atoms with van der Waals surface area (Å²) in [6.45, 7) is 6.19. The Morgan fingerprint density at radius 3 is 2.41 bits per heavy atom. The average molecular weight is 549 g/mol. The molecule has 6 rings (SSSR count). The SMILES string of the molecule is CCC(=O)c1c(-c2ccc(C)cc2)oc2ccc(-c3cc(C(=O)CC4(c5nc(COC)no5)CC4)ccc3C)cc12. The van der Waals surface area contributed by atoms with Crippen molar-refractivity contribution >= 4 is 22.5 Å². The maximum Gasteiger partial charge on any atom is 0.233 e. The molecule has 0 bridgehead atoms. The summed E-state index contributed by atoms with van der Waals surface area (Å²) in [6, 6.07) is 19.7. The number of benzene rings is 3. The third-order valence-electron chi connectivity index (χ3n) is 8.02. The number of Topliss-reactive ketones (excluding diaryl/α,β-unsaturated/α-hetero) is 2. The standard InChI is InChI=1S/C34H32N2O5/c1-5-27(37)31-26-16-23(12-13-29(26)40-32(31)22-9-6-20(2)7-10-22)25-17-24(11-8-21(25)3)28(38)18-34(14-15-34)33-35-30(19-39-4)36-41-33/h6-13,16-17H,5,14-15,18-19H2,1-4H3. The Kier molecular flexibility index (Phi) is 6.91. The highest BCUT2D eigenvalue weighted by atomic mass is 16.5. The Morgan fingerprint density at radius 2 is 1.71 bits per heavy atom. The molecule has 2 heterocycles. The highest BCUT2D eigenvalue weighted by Crippen LogP contribution is 2.51. The van der Waals surface area contributed by atoms with Gasteiger partial charge in [0.05, 0.1) is 11.0 Å². The van der Waals surface area contributed by atoms with Gasteiger partial charge in [-0.2, -0.15) is 4.98 Å². The van der Waals surface area contributed by atoms with Crippen LogP contribution in [0.4, 0.5) is 0 Å². The highest BCUT2D eigenvalue weighted by molar-refractivity contribution is 6.12. The molecule has 1 aliphatic rings. The summed E-state index contributed by atoms with van der Waals surface area (Å²) >= 11 is 0. The molecule has 1 aliphatic carbocycles. The predicted octanol–water partition coefficient (Wildman–Crippen LogP) is 7.81. The van der Waals surface area contributed by atoms with Crippen molar-refractivity contribution in [2.24, 2.45) is 0 Å². The number of ketones is 2. The Labute approximate surface area is 238 Å². The number of aromatic nitrogens is 2. The van der Waals surface area contributed by atoms with E-state index in [9.17, 15) is 9.59 Å². The van der Waals surface area contributed by atoms with Gasteiger partial charge in [-0.05, 0) is 61.6 Å². The quantitative estimate of drug-likeness (QED) is 0.164. The average Bonchev–Trinajstić information content (AvgIpc) is 3.42. The summed E-state index contributed by atoms with van der Waals surface area (Å²) in [4.78, 5) is 31.1. The Hall–Kier alpha value is -4.36. The van der Waals surface area contributed by atoms with E-state index in [4.69, 9.17) is 13.7 Å². The highest BCUT2D eigenvalue weighted by Gasteiger charge is 2.50. The molecule has 0 atom stereocenters. The zero-order valence-electron chi connectivity index (χ0n) is 23.7. The maximum atomic E-state index is 13.5. The molecular weight excluding hydrogens is 516 g/mol. The third-order valence-corrected chi connectivity index (χ3v) is 8.02. The van der Waals surface area contributed by atoms with Crippen molar-refractivity contribution in [2.75, 3.05) is 7.11 Å². The van der Waals surface area contributed by atoms with E-state index in [0.29, 0.717) is 47.0 Å². The van der Waals surface area contributed by atoms with Crippen LogP contribution in [-0.2, 0) is 16.8 Å². The lowest BCUT2D eigenvalue weighted by Gasteiger charge is -2.12. The first kappa shape index (κ1) is 26.8. The van der Waals surface area contributed by atoms with E-state index in [1.54, 1.807) is 7.11 Å². The topological polar surface area (TPSA) is 95.4 Å². The van der Waals surface area contributed by atoms with Crippen LogP contribution in [0.25, 0.3) is 33.4 Å². The minimum Gasteiger partial charge on any atom is -0.455 e. The number of nitrogens with zero attached hydrogens (tertiary/aromatic N) is 2. The monoisotopic (exact) mass is 548 g/mol. The van der Waals surface area contributed by atoms with Crippen molar-refractivity contribution in [1.82, 2.24) is 10.1 Å². The molecule has 5 aromatic rings. The van der Waals surface area contributed by atoms with E-state index in [2.05, 4.69) is 10.1 Å². The lowest BCUT2D eigenvalue weighted by molar-refractivity contribution is 0.0961. The number of furan rings is 1. The maximum absolute atomic E-state index is 13.5. The summed E-state index contributed by atoms with van der Waals surface area (Å²) in [5, 5.41) is 4.76. The fourth-order valence-electron chi connectivity index (χ4n) is 5.42. The van der Waals surface area contributed by atoms with Gasteiger partial charge >= 0.3 is 0 Å². The molecule has 0 radical (unpaired) electrons. The lowest BCUT2D eigenvalue weighted by Crippen LogP contribution is -2.14. The number of carbonyl (C=O) groups is 2. The van der Waals surface area contributed by atoms with E-state index in [-0.39, 0.29) is 18.2 Å². The molecule has 1 saturated carbocycles. The smallest absolute Gasteiger partial charge is 0.233 e. The Morgan fingerprint density at radius 1 is 0.951 bits per heavy atom. The van der Waals surface area contributed by atoms with Gasteiger partial charge < -0.3 is 13.7 Å². The molecule has 0 aliphatic heterocycles. The van der Waals surface area contributed by atoms with Crippen molar-refractivity contribution in [2.45, 2.75) is 58.5 Å². The molecule has 1 fully saturated rings. The van der Waals surface area contributed by atoms with Crippen molar-refractivity contribution < 1.29 is 23.3 Å². The third kappa shape index (κ3) is 5.02. The fourth-order valence-corrected chi connectivity index (χ4v) is 5.42. The van der Waals surface area contributed by atoms with Crippen LogP contribution in [0.15, 0.2) is 69.6 Å². The number of methoxy groups -OCH3 is 1. The first-order chi connectivity index (χ1) is 19.8. The summed E-state index contributed by atoms with van der Waals surface area (Å²) < 4.78 is 16.8. The molecule has 7 nitrogen and oxygen atoms in total. The van der Waals surface area contributed by atoms with E-state index >= 15 is 0 Å². The van der Waals surface area contributed by atoms with E-state index in [1.165, 1.54) is 0 Å². The van der Waals surface area contributed by atoms with Crippen LogP contribution in [0.1, 0.15) is 76.2 Å². The molecule has 0 unspecified atom stereocenters. The first-order valence-corrected chi connectivity index (χ1v) is 13.9. The summed E-state index contributed by atoms with van der Waals surface area (Å²) in [7, 11) is 1.58. The van der Waals surface area contributed by atoms with Gasteiger partial charge in [0.2, 0.25) is 5.89 Å². The number of ether oxygens (including phenoxy) is 1. The van der Waals surface area contributed by atoms with Gasteiger partial charge in [-0.25, -0.2) is 0 Å². The molecule has 7 heteroatoms. The van der Waals surface area contributed by atoms with Gasteiger partial charge in [0.1, 0.15) is 18.0 Å². The Bertz CT molecular complexity index is 1770. The van der Waals surface area contributed by atoms with Gasteiger partial charge in [0.15, 0.2) is 17.4 Å². The van der Waals surface area contributed by atoms with Crippen LogP contribution < -0.4 is 0 Å². The summed E-state index contributed by atoms with van der Waals surface area (Å²) in [5.41, 5.74) is 6.40. The summed E-state index contributed by atoms with van der Waals surface area (Å²) in [5.74, 6) is 1.65. The van der Waals surface area contributed by atoms with Crippen LogP contribution in [-0.4, -0.2) is 28.8 Å². The van der Waals surface area contributed by atoms with Crippen LogP contribution in [0, 0.1) is 13.8 Å². The van der Waals surface area contributed by atoms with Crippen molar-refractivity contribution in [3.63, 3.8) is 0 Å². The Balaban J connectivity index is 1.35. The fraction of sp³-hybridized carbons (Fsp3) is 0.294. The van der Waals surface area contributed by atoms with E-state index < -0.39 is 5.41 Å². The second kappa shape index (κ2) is 10.6. The molecular formula is C34H32N2O5. The van der Waals surface area contributed by atoms with Crippen molar-refractivity contribution in [1.29, 1.82) is 0 Å².